The Labute approximate surface area is 295 Å². The highest BCUT2D eigenvalue weighted by Crippen LogP contribution is 2.33. The molecule has 51 heavy (non-hydrogen) atoms. The van der Waals surface area contributed by atoms with Gasteiger partial charge in [-0.25, -0.2) is 0 Å². The Balaban J connectivity index is 1.48. The van der Waals surface area contributed by atoms with Gasteiger partial charge in [0.1, 0.15) is 0 Å². The molecule has 0 radical (unpaired) electrons. The molecule has 0 aliphatic carbocycles. The van der Waals surface area contributed by atoms with Gasteiger partial charge >= 0.3 is 12.1 Å². The Kier molecular flexibility index (Phi) is 13.1. The standard InChI is InChI=1S/C40H42F3N3O5/c1-4-23-44-37(49)39(38(50)45-24-5-2,30-13-7-6-8-14-30)22-25-51-35(47)26-29-12-11-17-34(27(29)3)46-36(48)33-16-10-9-15-32(33)28-18-20-31(21-19-28)40(41,42)43/h6-21H,4-5,22-26H2,1-3H3,(H,44,49)(H,45,50)(H,46,48). The topological polar surface area (TPSA) is 114 Å². The number of esters is 1. The molecule has 11 heteroatoms. The molecule has 3 amide bonds. The number of benzene rings is 4. The molecule has 4 aromatic carbocycles. The number of nitrogens with one attached hydrogen (secondary N) is 3. The molecule has 0 bridgehead atoms. The first kappa shape index (κ1) is 38.4. The van der Waals surface area contributed by atoms with Gasteiger partial charge in [0.05, 0.1) is 18.6 Å². The quantitative estimate of drug-likeness (QED) is 0.0884. The summed E-state index contributed by atoms with van der Waals surface area (Å²) in [4.78, 5) is 53.9. The Morgan fingerprint density at radius 3 is 1.92 bits per heavy atom. The summed E-state index contributed by atoms with van der Waals surface area (Å²) < 4.78 is 44.9. The van der Waals surface area contributed by atoms with Crippen molar-refractivity contribution in [2.75, 3.05) is 25.0 Å². The van der Waals surface area contributed by atoms with Gasteiger partial charge in [0.15, 0.2) is 5.41 Å². The third-order valence-corrected chi connectivity index (χ3v) is 8.58. The minimum atomic E-state index is -4.48. The van der Waals surface area contributed by atoms with E-state index in [0.29, 0.717) is 59.4 Å². The molecule has 268 valence electrons. The lowest BCUT2D eigenvalue weighted by molar-refractivity contribution is -0.147. The van der Waals surface area contributed by atoms with Gasteiger partial charge in [0.25, 0.3) is 5.91 Å². The molecule has 0 aromatic heterocycles. The van der Waals surface area contributed by atoms with Crippen LogP contribution in [-0.4, -0.2) is 43.4 Å². The van der Waals surface area contributed by atoms with E-state index in [1.807, 2.05) is 13.8 Å². The molecule has 0 fully saturated rings. The summed E-state index contributed by atoms with van der Waals surface area (Å²) >= 11 is 0. The number of halogens is 3. The number of hydrogen-bond donors (Lipinski definition) is 3. The van der Waals surface area contributed by atoms with E-state index < -0.39 is 40.8 Å². The molecule has 0 unspecified atom stereocenters. The maximum atomic E-state index is 13.6. The molecule has 4 aromatic rings. The van der Waals surface area contributed by atoms with Crippen LogP contribution < -0.4 is 16.0 Å². The van der Waals surface area contributed by atoms with Gasteiger partial charge in [0, 0.05) is 30.8 Å². The van der Waals surface area contributed by atoms with Crippen molar-refractivity contribution in [3.8, 4) is 11.1 Å². The molecule has 4 rings (SSSR count). The Morgan fingerprint density at radius 1 is 0.706 bits per heavy atom. The molecular weight excluding hydrogens is 659 g/mol. The fourth-order valence-electron chi connectivity index (χ4n) is 5.73. The van der Waals surface area contributed by atoms with E-state index in [-0.39, 0.29) is 25.0 Å². The molecule has 0 aliphatic heterocycles. The number of alkyl halides is 3. The second-order valence-electron chi connectivity index (χ2n) is 12.1. The average molecular weight is 702 g/mol. The Bertz CT molecular complexity index is 1810. The van der Waals surface area contributed by atoms with Crippen molar-refractivity contribution in [3.63, 3.8) is 0 Å². The Morgan fingerprint density at radius 2 is 1.31 bits per heavy atom. The molecular formula is C40H42F3N3O5. The minimum Gasteiger partial charge on any atom is -0.465 e. The maximum absolute atomic E-state index is 13.6. The van der Waals surface area contributed by atoms with Gasteiger partial charge in [-0.2, -0.15) is 13.2 Å². The highest BCUT2D eigenvalue weighted by molar-refractivity contribution is 6.11. The third kappa shape index (κ3) is 9.42. The van der Waals surface area contributed by atoms with Crippen LogP contribution in [0.2, 0.25) is 0 Å². The molecule has 0 spiro atoms. The lowest BCUT2D eigenvalue weighted by atomic mass is 9.75. The van der Waals surface area contributed by atoms with Crippen molar-refractivity contribution in [2.24, 2.45) is 0 Å². The second kappa shape index (κ2) is 17.5. The van der Waals surface area contributed by atoms with E-state index in [1.165, 1.54) is 12.1 Å². The highest BCUT2D eigenvalue weighted by atomic mass is 19.4. The fraction of sp³-hybridized carbons (Fsp3) is 0.300. The maximum Gasteiger partial charge on any atom is 0.416 e. The lowest BCUT2D eigenvalue weighted by Gasteiger charge is -2.31. The molecule has 0 aliphatic rings. The summed E-state index contributed by atoms with van der Waals surface area (Å²) in [7, 11) is 0. The Hall–Kier alpha value is -5.45. The van der Waals surface area contributed by atoms with Gasteiger partial charge < -0.3 is 20.7 Å². The van der Waals surface area contributed by atoms with E-state index in [9.17, 15) is 32.3 Å². The van der Waals surface area contributed by atoms with Crippen LogP contribution in [0, 0.1) is 6.92 Å². The normalized spacial score (nSPS) is 11.4. The number of carbonyl (C=O) groups is 4. The first-order valence-corrected chi connectivity index (χ1v) is 16.9. The highest BCUT2D eigenvalue weighted by Gasteiger charge is 2.47. The lowest BCUT2D eigenvalue weighted by Crippen LogP contribution is -2.55. The first-order chi connectivity index (χ1) is 24.4. The molecule has 3 N–H and O–H groups in total. The molecule has 0 saturated carbocycles. The number of carbonyl (C=O) groups excluding carboxylic acids is 4. The zero-order valence-corrected chi connectivity index (χ0v) is 28.9. The molecule has 0 heterocycles. The van der Waals surface area contributed by atoms with Crippen molar-refractivity contribution in [1.82, 2.24) is 10.6 Å². The van der Waals surface area contributed by atoms with Gasteiger partial charge in [-0.15, -0.1) is 0 Å². The van der Waals surface area contributed by atoms with Crippen molar-refractivity contribution < 1.29 is 37.1 Å². The monoisotopic (exact) mass is 701 g/mol. The van der Waals surface area contributed by atoms with Crippen LogP contribution in [-0.2, 0) is 37.1 Å². The molecule has 8 nitrogen and oxygen atoms in total. The van der Waals surface area contributed by atoms with E-state index in [0.717, 1.165) is 12.1 Å². The van der Waals surface area contributed by atoms with Gasteiger partial charge in [-0.3, -0.25) is 19.2 Å². The molecule has 0 atom stereocenters. The number of ether oxygens (including phenoxy) is 1. The summed E-state index contributed by atoms with van der Waals surface area (Å²) in [6, 6.07) is 25.0. The third-order valence-electron chi connectivity index (χ3n) is 8.58. The predicted molar refractivity (Wildman–Crippen MR) is 190 cm³/mol. The summed E-state index contributed by atoms with van der Waals surface area (Å²) in [6.07, 6.45) is -3.35. The predicted octanol–water partition coefficient (Wildman–Crippen LogP) is 7.40. The van der Waals surface area contributed by atoms with Crippen LogP contribution in [0.1, 0.15) is 65.7 Å². The minimum absolute atomic E-state index is 0.0821. The smallest absolute Gasteiger partial charge is 0.416 e. The zero-order chi connectivity index (χ0) is 37.0. The average Bonchev–Trinajstić information content (AvgIpc) is 3.13. The van der Waals surface area contributed by atoms with Crippen LogP contribution in [0.25, 0.3) is 11.1 Å². The summed E-state index contributed by atoms with van der Waals surface area (Å²) in [6.45, 7) is 6.11. The first-order valence-electron chi connectivity index (χ1n) is 16.9. The number of rotatable bonds is 15. The van der Waals surface area contributed by atoms with Crippen LogP contribution >= 0.6 is 0 Å². The van der Waals surface area contributed by atoms with Crippen molar-refractivity contribution in [3.05, 3.63) is 125 Å². The van der Waals surface area contributed by atoms with Crippen molar-refractivity contribution in [2.45, 2.75) is 58.0 Å². The van der Waals surface area contributed by atoms with E-state index in [2.05, 4.69) is 16.0 Å². The number of hydrogen-bond acceptors (Lipinski definition) is 5. The van der Waals surface area contributed by atoms with Crippen molar-refractivity contribution in [1.29, 1.82) is 0 Å². The van der Waals surface area contributed by atoms with Gasteiger partial charge in [-0.05, 0) is 71.8 Å². The second-order valence-corrected chi connectivity index (χ2v) is 12.1. The van der Waals surface area contributed by atoms with E-state index in [1.54, 1.807) is 79.7 Å². The number of anilines is 1. The summed E-state index contributed by atoms with van der Waals surface area (Å²) in [5.74, 6) is -2.01. The SMILES string of the molecule is CCCNC(=O)C(CCOC(=O)Cc1cccc(NC(=O)c2ccccc2-c2ccc(C(F)(F)F)cc2)c1C)(C(=O)NCCC)c1ccccc1. The van der Waals surface area contributed by atoms with Crippen LogP contribution in [0.4, 0.5) is 18.9 Å². The summed E-state index contributed by atoms with van der Waals surface area (Å²) in [5, 5.41) is 8.57. The fourth-order valence-corrected chi connectivity index (χ4v) is 5.73. The molecule has 0 saturated heterocycles. The van der Waals surface area contributed by atoms with Crippen LogP contribution in [0.5, 0.6) is 0 Å². The van der Waals surface area contributed by atoms with Crippen LogP contribution in [0.15, 0.2) is 97.1 Å². The van der Waals surface area contributed by atoms with E-state index in [4.69, 9.17) is 4.74 Å². The number of amides is 3. The van der Waals surface area contributed by atoms with E-state index >= 15 is 0 Å². The van der Waals surface area contributed by atoms with Crippen LogP contribution in [0.3, 0.4) is 0 Å². The largest absolute Gasteiger partial charge is 0.465 e. The van der Waals surface area contributed by atoms with Gasteiger partial charge in [-0.1, -0.05) is 86.6 Å². The summed E-state index contributed by atoms with van der Waals surface area (Å²) in [5.41, 5.74) is 0.888. The zero-order valence-electron chi connectivity index (χ0n) is 28.9. The van der Waals surface area contributed by atoms with Gasteiger partial charge in [0.2, 0.25) is 11.8 Å². The van der Waals surface area contributed by atoms with Crippen molar-refractivity contribution >= 4 is 29.4 Å².